The van der Waals surface area contributed by atoms with Crippen molar-refractivity contribution in [3.05, 3.63) is 0 Å². The van der Waals surface area contributed by atoms with E-state index < -0.39 is 0 Å². The van der Waals surface area contributed by atoms with E-state index in [1.54, 1.807) is 13.8 Å². The first-order valence-corrected chi connectivity index (χ1v) is 4.58. The fraction of sp³-hybridized carbons (Fsp3) is 0.778. The fourth-order valence-electron chi connectivity index (χ4n) is 1.14. The Morgan fingerprint density at radius 1 is 1.50 bits per heavy atom. The quantitative estimate of drug-likeness (QED) is 0.500. The molecule has 0 aromatic rings. The molecule has 1 atom stereocenters. The third-order valence-corrected chi connectivity index (χ3v) is 1.90. The summed E-state index contributed by atoms with van der Waals surface area (Å²) in [5, 5.41) is 0. The molecule has 0 fully saturated rings. The largest absolute Gasteiger partial charge is 0.465 e. The predicted molar refractivity (Wildman–Crippen MR) is 53.2 cm³/mol. The second-order valence-corrected chi connectivity index (χ2v) is 3.73. The van der Waals surface area contributed by atoms with Crippen LogP contribution in [-0.2, 0) is 9.53 Å². The summed E-state index contributed by atoms with van der Waals surface area (Å²) in [4.78, 5) is 12.0. The van der Waals surface area contributed by atoms with Gasteiger partial charge in [0.15, 0.2) is 0 Å². The van der Waals surface area contributed by atoms with Gasteiger partial charge in [-0.1, -0.05) is 26.1 Å². The smallest absolute Gasteiger partial charge is 0.314 e. The van der Waals surface area contributed by atoms with Crippen LogP contribution in [0.2, 0.25) is 0 Å². The Hall–Kier alpha value is -0.440. The highest BCUT2D eigenvalue weighted by molar-refractivity contribution is 7.80. The molecule has 1 unspecified atom stereocenters. The standard InChI is InChI=1S/C9H16O2S/c1-5-11-9(10)8(6(2)3)7(4)12/h6,8H,5H2,1-4H3. The van der Waals surface area contributed by atoms with Crippen LogP contribution in [0.25, 0.3) is 0 Å². The zero-order chi connectivity index (χ0) is 9.72. The van der Waals surface area contributed by atoms with Crippen LogP contribution in [0.15, 0.2) is 0 Å². The Morgan fingerprint density at radius 2 is 2.00 bits per heavy atom. The zero-order valence-corrected chi connectivity index (χ0v) is 8.90. The van der Waals surface area contributed by atoms with Crippen LogP contribution in [0.1, 0.15) is 27.7 Å². The molecule has 0 bridgehead atoms. The molecule has 0 radical (unpaired) electrons. The molecule has 2 nitrogen and oxygen atoms in total. The summed E-state index contributed by atoms with van der Waals surface area (Å²) >= 11 is 4.98. The number of hydrogen-bond acceptors (Lipinski definition) is 3. The molecule has 0 saturated carbocycles. The lowest BCUT2D eigenvalue weighted by Crippen LogP contribution is -2.27. The zero-order valence-electron chi connectivity index (χ0n) is 8.09. The number of thiocarbonyl (C=S) groups is 1. The summed E-state index contributed by atoms with van der Waals surface area (Å²) in [6.45, 7) is 7.95. The van der Waals surface area contributed by atoms with E-state index in [1.807, 2.05) is 13.8 Å². The van der Waals surface area contributed by atoms with Gasteiger partial charge in [-0.2, -0.15) is 0 Å². The maximum atomic E-state index is 11.3. The number of carbonyl (C=O) groups excluding carboxylic acids is 1. The number of carbonyl (C=O) groups is 1. The molecular weight excluding hydrogens is 172 g/mol. The molecule has 70 valence electrons. The van der Waals surface area contributed by atoms with Gasteiger partial charge in [0.1, 0.15) is 0 Å². The van der Waals surface area contributed by atoms with Crippen molar-refractivity contribution in [1.82, 2.24) is 0 Å². The number of ether oxygens (including phenoxy) is 1. The van der Waals surface area contributed by atoms with Crippen LogP contribution < -0.4 is 0 Å². The van der Waals surface area contributed by atoms with E-state index in [9.17, 15) is 4.79 Å². The van der Waals surface area contributed by atoms with Crippen molar-refractivity contribution in [1.29, 1.82) is 0 Å². The Bertz CT molecular complexity index is 175. The lowest BCUT2D eigenvalue weighted by atomic mass is 9.93. The van der Waals surface area contributed by atoms with Crippen molar-refractivity contribution in [3.8, 4) is 0 Å². The molecule has 0 aromatic heterocycles. The minimum Gasteiger partial charge on any atom is -0.465 e. The van der Waals surface area contributed by atoms with E-state index in [0.717, 1.165) is 0 Å². The molecule has 0 N–H and O–H groups in total. The molecule has 0 aliphatic carbocycles. The maximum Gasteiger partial charge on any atom is 0.314 e. The van der Waals surface area contributed by atoms with Crippen molar-refractivity contribution in [2.75, 3.05) is 6.61 Å². The first kappa shape index (κ1) is 11.6. The van der Waals surface area contributed by atoms with Crippen LogP contribution in [0.5, 0.6) is 0 Å². The minimum atomic E-state index is -0.222. The highest BCUT2D eigenvalue weighted by atomic mass is 32.1. The van der Waals surface area contributed by atoms with E-state index in [2.05, 4.69) is 0 Å². The van der Waals surface area contributed by atoms with Crippen LogP contribution in [0.4, 0.5) is 0 Å². The molecule has 0 aliphatic rings. The molecule has 0 amide bonds. The van der Waals surface area contributed by atoms with Crippen molar-refractivity contribution in [3.63, 3.8) is 0 Å². The Kier molecular flexibility index (Phi) is 5.06. The van der Waals surface area contributed by atoms with Crippen molar-refractivity contribution >= 4 is 23.1 Å². The van der Waals surface area contributed by atoms with Crippen LogP contribution in [-0.4, -0.2) is 17.4 Å². The van der Waals surface area contributed by atoms with E-state index in [0.29, 0.717) is 11.5 Å². The number of esters is 1. The van der Waals surface area contributed by atoms with Gasteiger partial charge in [-0.15, -0.1) is 0 Å². The van der Waals surface area contributed by atoms with Crippen LogP contribution in [0, 0.1) is 11.8 Å². The Morgan fingerprint density at radius 3 is 2.25 bits per heavy atom. The molecule has 12 heavy (non-hydrogen) atoms. The Labute approximate surface area is 79.3 Å². The van der Waals surface area contributed by atoms with Gasteiger partial charge in [0.2, 0.25) is 0 Å². The summed E-state index contributed by atoms with van der Waals surface area (Å²) in [5.74, 6) is -0.193. The monoisotopic (exact) mass is 188 g/mol. The molecule has 0 spiro atoms. The second-order valence-electron chi connectivity index (χ2n) is 3.08. The van der Waals surface area contributed by atoms with E-state index in [-0.39, 0.29) is 17.8 Å². The molecule has 0 saturated heterocycles. The lowest BCUT2D eigenvalue weighted by molar-refractivity contribution is -0.146. The normalized spacial score (nSPS) is 12.8. The highest BCUT2D eigenvalue weighted by Crippen LogP contribution is 2.14. The van der Waals surface area contributed by atoms with Gasteiger partial charge in [-0.25, -0.2) is 0 Å². The van der Waals surface area contributed by atoms with Gasteiger partial charge in [-0.3, -0.25) is 4.79 Å². The second kappa shape index (κ2) is 5.25. The summed E-state index contributed by atoms with van der Waals surface area (Å²) in [5.41, 5.74) is 0. The van der Waals surface area contributed by atoms with Gasteiger partial charge in [0, 0.05) is 4.86 Å². The van der Waals surface area contributed by atoms with E-state index >= 15 is 0 Å². The van der Waals surface area contributed by atoms with Gasteiger partial charge >= 0.3 is 5.97 Å². The third kappa shape index (κ3) is 3.30. The highest BCUT2D eigenvalue weighted by Gasteiger charge is 2.24. The molecule has 0 aromatic carbocycles. The number of hydrogen-bond donors (Lipinski definition) is 0. The van der Waals surface area contributed by atoms with Crippen molar-refractivity contribution in [2.45, 2.75) is 27.7 Å². The average molecular weight is 188 g/mol. The fourth-order valence-corrected chi connectivity index (χ4v) is 1.51. The minimum absolute atomic E-state index is 0.194. The first-order valence-electron chi connectivity index (χ1n) is 4.17. The van der Waals surface area contributed by atoms with Crippen LogP contribution >= 0.6 is 12.2 Å². The summed E-state index contributed by atoms with van der Waals surface area (Å²) in [7, 11) is 0. The lowest BCUT2D eigenvalue weighted by Gasteiger charge is -2.17. The SMILES string of the molecule is CCOC(=O)C(C(C)=S)C(C)C. The molecule has 3 heteroatoms. The van der Waals surface area contributed by atoms with E-state index in [1.165, 1.54) is 0 Å². The predicted octanol–water partition coefficient (Wildman–Crippen LogP) is 2.21. The molecular formula is C9H16O2S. The third-order valence-electron chi connectivity index (χ3n) is 1.65. The summed E-state index contributed by atoms with van der Waals surface area (Å²) < 4.78 is 4.90. The topological polar surface area (TPSA) is 26.3 Å². The van der Waals surface area contributed by atoms with E-state index in [4.69, 9.17) is 17.0 Å². The van der Waals surface area contributed by atoms with Gasteiger partial charge in [-0.05, 0) is 19.8 Å². The first-order chi connectivity index (χ1) is 5.50. The Balaban J connectivity index is 4.30. The summed E-state index contributed by atoms with van der Waals surface area (Å²) in [6.07, 6.45) is 0. The molecule has 0 aliphatic heterocycles. The van der Waals surface area contributed by atoms with Gasteiger partial charge < -0.3 is 4.74 Å². The molecule has 0 heterocycles. The van der Waals surface area contributed by atoms with Crippen LogP contribution in [0.3, 0.4) is 0 Å². The summed E-state index contributed by atoms with van der Waals surface area (Å²) in [6, 6.07) is 0. The molecule has 0 rings (SSSR count). The average Bonchev–Trinajstić information content (AvgIpc) is 1.85. The van der Waals surface area contributed by atoms with Crippen molar-refractivity contribution < 1.29 is 9.53 Å². The van der Waals surface area contributed by atoms with Crippen molar-refractivity contribution in [2.24, 2.45) is 11.8 Å². The van der Waals surface area contributed by atoms with Gasteiger partial charge in [0.25, 0.3) is 0 Å². The number of rotatable bonds is 4. The maximum absolute atomic E-state index is 11.3. The van der Waals surface area contributed by atoms with Gasteiger partial charge in [0.05, 0.1) is 12.5 Å².